The highest BCUT2D eigenvalue weighted by Crippen LogP contribution is 2.28. The number of hydrogen-bond acceptors (Lipinski definition) is 6. The van der Waals surface area contributed by atoms with Gasteiger partial charge < -0.3 is 19.9 Å². The van der Waals surface area contributed by atoms with Crippen LogP contribution in [0.25, 0.3) is 4.85 Å². The van der Waals surface area contributed by atoms with E-state index >= 15 is 0 Å². The number of ketones is 1. The van der Waals surface area contributed by atoms with Gasteiger partial charge in [0.25, 0.3) is 11.9 Å². The second-order valence-corrected chi connectivity index (χ2v) is 6.68. The van der Waals surface area contributed by atoms with Gasteiger partial charge in [0.1, 0.15) is 18.3 Å². The number of amides is 1. The first-order valence-corrected chi connectivity index (χ1v) is 10.00. The fourth-order valence-corrected chi connectivity index (χ4v) is 2.78. The third kappa shape index (κ3) is 6.35. The minimum Gasteiger partial charge on any atom is -0.444 e. The molecule has 2 aliphatic heterocycles. The number of benzene rings is 1. The van der Waals surface area contributed by atoms with Crippen molar-refractivity contribution in [3.63, 3.8) is 0 Å². The second kappa shape index (κ2) is 11.4. The van der Waals surface area contributed by atoms with Crippen molar-refractivity contribution in [1.29, 1.82) is 0 Å². The lowest BCUT2D eigenvalue weighted by atomic mass is 10.1. The largest absolute Gasteiger partial charge is 0.444 e. The Kier molecular flexibility index (Phi) is 8.91. The summed E-state index contributed by atoms with van der Waals surface area (Å²) in [6.07, 6.45) is -3.31. The monoisotopic (exact) mass is 489 g/mol. The minimum absolute atomic E-state index is 0.00320. The molecule has 0 saturated carbocycles. The van der Waals surface area contributed by atoms with Crippen molar-refractivity contribution in [2.24, 2.45) is 5.10 Å². The van der Waals surface area contributed by atoms with E-state index in [9.17, 15) is 22.8 Å². The summed E-state index contributed by atoms with van der Waals surface area (Å²) in [7, 11) is 0. The maximum Gasteiger partial charge on any atom is 0.414 e. The minimum atomic E-state index is -3.03. The highest BCUT2D eigenvalue weighted by molar-refractivity contribution is 9.09. The molecule has 1 aromatic carbocycles. The van der Waals surface area contributed by atoms with E-state index in [4.69, 9.17) is 11.3 Å². The van der Waals surface area contributed by atoms with Gasteiger partial charge in [-0.25, -0.2) is 24.5 Å². The number of carbonyl (C=O) groups is 2. The zero-order chi connectivity index (χ0) is 22.1. The van der Waals surface area contributed by atoms with Gasteiger partial charge >= 0.3 is 6.09 Å². The number of alkyl halides is 3. The first-order valence-electron chi connectivity index (χ1n) is 8.87. The van der Waals surface area contributed by atoms with E-state index < -0.39 is 30.2 Å². The van der Waals surface area contributed by atoms with Crippen molar-refractivity contribution >= 4 is 45.5 Å². The fraction of sp³-hybridized carbons (Fsp3) is 0.444. The quantitative estimate of drug-likeness (QED) is 0.376. The molecule has 0 unspecified atom stereocenters. The van der Waals surface area contributed by atoms with Crippen LogP contribution in [0.2, 0.25) is 0 Å². The Bertz CT molecular complexity index is 834. The lowest BCUT2D eigenvalue weighted by Crippen LogP contribution is -2.35. The van der Waals surface area contributed by atoms with Crippen LogP contribution in [0.3, 0.4) is 0 Å². The average Bonchev–Trinajstić information content (AvgIpc) is 3.13. The number of carbonyl (C=O) groups excluding carboxylic acids is 2. The third-order valence-electron chi connectivity index (χ3n) is 4.20. The molecule has 1 atom stereocenters. The number of cyclic esters (lactones) is 1. The fourth-order valence-electron chi connectivity index (χ4n) is 2.78. The summed E-state index contributed by atoms with van der Waals surface area (Å²) in [6, 6.07) is 4.31. The molecule has 30 heavy (non-hydrogen) atoms. The van der Waals surface area contributed by atoms with Crippen LogP contribution >= 0.6 is 15.9 Å². The van der Waals surface area contributed by atoms with Crippen molar-refractivity contribution in [3.05, 3.63) is 35.4 Å². The maximum atomic E-state index is 14.4. The Hall–Kier alpha value is -2.81. The smallest absolute Gasteiger partial charge is 0.414 e. The van der Waals surface area contributed by atoms with Gasteiger partial charge in [0, 0.05) is 28.9 Å². The van der Waals surface area contributed by atoms with Gasteiger partial charge in [0.05, 0.1) is 24.5 Å². The van der Waals surface area contributed by atoms with Crippen molar-refractivity contribution in [2.75, 3.05) is 34.9 Å². The van der Waals surface area contributed by atoms with Crippen LogP contribution < -0.4 is 15.2 Å². The molecule has 1 saturated heterocycles. The van der Waals surface area contributed by atoms with E-state index in [1.807, 2.05) is 0 Å². The summed E-state index contributed by atoms with van der Waals surface area (Å²) < 4.78 is 44.0. The molecule has 1 amide bonds. The first kappa shape index (κ1) is 23.5. The summed E-state index contributed by atoms with van der Waals surface area (Å²) in [5, 5.41) is 3.86. The molecule has 12 heteroatoms. The lowest BCUT2D eigenvalue weighted by molar-refractivity contribution is -0.129. The zero-order valence-corrected chi connectivity index (χ0v) is 17.3. The SMILES string of the molecule is O=C(CC[C@H]1CN(c2ccc(N3C=NNCC3)c(F)c2)C(=O)O1)C(F)F.[C-]#[N+]CBr. The Morgan fingerprint density at radius 2 is 2.20 bits per heavy atom. The van der Waals surface area contributed by atoms with Crippen molar-refractivity contribution in [2.45, 2.75) is 25.4 Å². The highest BCUT2D eigenvalue weighted by atomic mass is 79.9. The van der Waals surface area contributed by atoms with E-state index in [2.05, 4.69) is 31.3 Å². The van der Waals surface area contributed by atoms with E-state index in [1.54, 1.807) is 11.0 Å². The topological polar surface area (TPSA) is 78.6 Å². The molecule has 162 valence electrons. The number of hydrazone groups is 1. The van der Waals surface area contributed by atoms with Crippen LogP contribution in [-0.4, -0.2) is 55.8 Å². The van der Waals surface area contributed by atoms with E-state index in [-0.39, 0.29) is 19.4 Å². The number of nitrogens with one attached hydrogen (secondary N) is 1. The zero-order valence-electron chi connectivity index (χ0n) is 15.7. The molecule has 8 nitrogen and oxygen atoms in total. The van der Waals surface area contributed by atoms with Gasteiger partial charge in [-0.05, 0) is 24.6 Å². The predicted octanol–water partition coefficient (Wildman–Crippen LogP) is 3.38. The normalized spacial score (nSPS) is 17.7. The van der Waals surface area contributed by atoms with Gasteiger partial charge in [-0.1, -0.05) is 0 Å². The Morgan fingerprint density at radius 1 is 1.47 bits per heavy atom. The van der Waals surface area contributed by atoms with Gasteiger partial charge in [-0.2, -0.15) is 5.10 Å². The number of nitrogens with zero attached hydrogens (tertiary/aromatic N) is 4. The van der Waals surface area contributed by atoms with Crippen LogP contribution in [-0.2, 0) is 9.53 Å². The van der Waals surface area contributed by atoms with Crippen LogP contribution in [0.4, 0.5) is 29.3 Å². The standard InChI is InChI=1S/C16H17F3N4O3.C2H2BrN/c17-12-7-10(1-3-13(12)22-6-5-20-21-9-22)23-8-11(26-16(23)25)2-4-14(24)15(18)19;1-4-2-3/h1,3,7,9,11,15,20H,2,4-6,8H2;2H2/t11-;/m0./s1. The molecule has 1 aromatic rings. The first-order chi connectivity index (χ1) is 14.4. The molecular formula is C18H19BrF3N5O3. The molecule has 0 aliphatic carbocycles. The molecule has 2 heterocycles. The molecule has 0 bridgehead atoms. The van der Waals surface area contributed by atoms with E-state index in [0.717, 1.165) is 0 Å². The van der Waals surface area contributed by atoms with Gasteiger partial charge in [0.15, 0.2) is 5.78 Å². The molecule has 1 N–H and O–H groups in total. The van der Waals surface area contributed by atoms with Gasteiger partial charge in [-0.3, -0.25) is 9.69 Å². The molecule has 2 aliphatic rings. The van der Waals surface area contributed by atoms with Crippen LogP contribution in [0.15, 0.2) is 23.3 Å². The van der Waals surface area contributed by atoms with E-state index in [0.29, 0.717) is 29.9 Å². The summed E-state index contributed by atoms with van der Waals surface area (Å²) in [5.41, 5.74) is 3.81. The predicted molar refractivity (Wildman–Crippen MR) is 108 cm³/mol. The van der Waals surface area contributed by atoms with Crippen molar-refractivity contribution in [3.8, 4) is 0 Å². The molecular weight excluding hydrogens is 471 g/mol. The maximum absolute atomic E-state index is 14.4. The van der Waals surface area contributed by atoms with Gasteiger partial charge in [0.2, 0.25) is 0 Å². The molecule has 0 spiro atoms. The van der Waals surface area contributed by atoms with Crippen molar-refractivity contribution in [1.82, 2.24) is 5.43 Å². The summed E-state index contributed by atoms with van der Waals surface area (Å²) in [5.74, 6) is -1.72. The Balaban J connectivity index is 0.000000735. The van der Waals surface area contributed by atoms with Crippen LogP contribution in [0.5, 0.6) is 0 Å². The van der Waals surface area contributed by atoms with Crippen LogP contribution in [0.1, 0.15) is 12.8 Å². The molecule has 3 rings (SSSR count). The van der Waals surface area contributed by atoms with Crippen LogP contribution in [0, 0.1) is 12.4 Å². The average molecular weight is 490 g/mol. The highest BCUT2D eigenvalue weighted by Gasteiger charge is 2.33. The number of ether oxygens (including phenoxy) is 1. The Morgan fingerprint density at radius 3 is 2.77 bits per heavy atom. The molecule has 1 fully saturated rings. The number of rotatable bonds is 6. The number of halogens is 4. The van der Waals surface area contributed by atoms with E-state index in [1.165, 1.54) is 23.4 Å². The number of Topliss-reactive ketones (excluding diaryl/α,β-unsaturated/α-hetero) is 1. The summed E-state index contributed by atoms with van der Waals surface area (Å²) >= 11 is 2.89. The third-order valence-corrected chi connectivity index (χ3v) is 4.45. The van der Waals surface area contributed by atoms with Gasteiger partial charge in [-0.15, -0.1) is 0 Å². The van der Waals surface area contributed by atoms with Crippen molar-refractivity contribution < 1.29 is 27.5 Å². The summed E-state index contributed by atoms with van der Waals surface area (Å²) in [4.78, 5) is 28.7. The lowest BCUT2D eigenvalue weighted by Gasteiger charge is -2.24. The second-order valence-electron chi connectivity index (χ2n) is 6.18. The Labute approximate surface area is 179 Å². The summed E-state index contributed by atoms with van der Waals surface area (Å²) in [6.45, 7) is 7.23. The molecule has 0 aromatic heterocycles. The number of anilines is 2. The number of hydrogen-bond donors (Lipinski definition) is 1. The molecule has 0 radical (unpaired) electrons.